The number of piperazine rings is 1. The Labute approximate surface area is 206 Å². The van der Waals surface area contributed by atoms with Crippen molar-refractivity contribution in [3.8, 4) is 5.75 Å². The van der Waals surface area contributed by atoms with Gasteiger partial charge in [0.15, 0.2) is 0 Å². The number of carbonyl (C=O) groups excluding carboxylic acids is 2. The fourth-order valence-electron chi connectivity index (χ4n) is 4.31. The second-order valence-corrected chi connectivity index (χ2v) is 9.12. The third kappa shape index (κ3) is 7.00. The Hall–Kier alpha value is -3.01. The highest BCUT2D eigenvalue weighted by Crippen LogP contribution is 2.41. The van der Waals surface area contributed by atoms with E-state index >= 15 is 0 Å². The number of pyridine rings is 1. The first-order valence-electron chi connectivity index (χ1n) is 12.2. The van der Waals surface area contributed by atoms with Crippen LogP contribution in [0.25, 0.3) is 0 Å². The molecule has 2 heterocycles. The van der Waals surface area contributed by atoms with Crippen molar-refractivity contribution in [3.05, 3.63) is 59.9 Å². The van der Waals surface area contributed by atoms with E-state index in [1.807, 2.05) is 19.2 Å². The number of nitrogens with one attached hydrogen (secondary N) is 2. The third-order valence-electron chi connectivity index (χ3n) is 6.59. The molecule has 2 fully saturated rings. The van der Waals surface area contributed by atoms with Gasteiger partial charge in [-0.2, -0.15) is 0 Å². The van der Waals surface area contributed by atoms with E-state index in [1.54, 1.807) is 36.4 Å². The molecule has 2 aliphatic rings. The first-order chi connectivity index (χ1) is 17.0. The van der Waals surface area contributed by atoms with Crippen LogP contribution in [0, 0.1) is 0 Å². The standard InChI is InChI=1S/C26H35N5O4/c1-30-12-14-31(15-13-30)26(33)24(29-25(32)22-5-3-4-10-27-22)18-35-16-11-28-23-17-21(23)19-6-8-20(34-2)9-7-19/h3-10,21,23-24,28H,11-18H2,1-2H3,(H,29,32)/t21-,23+,24-/m0/s1. The van der Waals surface area contributed by atoms with E-state index in [0.29, 0.717) is 38.2 Å². The van der Waals surface area contributed by atoms with Gasteiger partial charge in [0.05, 0.1) is 20.3 Å². The first kappa shape index (κ1) is 25.1. The fraction of sp³-hybridized carbons (Fsp3) is 0.500. The molecular formula is C26H35N5O4. The zero-order valence-corrected chi connectivity index (χ0v) is 20.5. The van der Waals surface area contributed by atoms with Crippen LogP contribution in [0.5, 0.6) is 5.75 Å². The van der Waals surface area contributed by atoms with Crippen molar-refractivity contribution in [1.82, 2.24) is 25.4 Å². The fourth-order valence-corrected chi connectivity index (χ4v) is 4.31. The van der Waals surface area contributed by atoms with Crippen LogP contribution in [0.15, 0.2) is 48.7 Å². The Kier molecular flexibility index (Phi) is 8.68. The minimum absolute atomic E-state index is 0.114. The van der Waals surface area contributed by atoms with Gasteiger partial charge in [-0.15, -0.1) is 0 Å². The summed E-state index contributed by atoms with van der Waals surface area (Å²) < 4.78 is 11.1. The molecule has 0 unspecified atom stereocenters. The van der Waals surface area contributed by atoms with Crippen LogP contribution in [0.2, 0.25) is 0 Å². The van der Waals surface area contributed by atoms with Gasteiger partial charge in [0.1, 0.15) is 17.5 Å². The van der Waals surface area contributed by atoms with Crippen LogP contribution in [-0.4, -0.2) is 98.8 Å². The summed E-state index contributed by atoms with van der Waals surface area (Å²) in [6.07, 6.45) is 2.66. The molecule has 4 rings (SSSR count). The van der Waals surface area contributed by atoms with Gasteiger partial charge in [-0.25, -0.2) is 0 Å². The van der Waals surface area contributed by atoms with Crippen LogP contribution >= 0.6 is 0 Å². The summed E-state index contributed by atoms with van der Waals surface area (Å²) in [5.41, 5.74) is 1.59. The van der Waals surface area contributed by atoms with E-state index in [9.17, 15) is 9.59 Å². The molecule has 1 aliphatic carbocycles. The Balaban J connectivity index is 1.24. The number of methoxy groups -OCH3 is 1. The molecule has 2 N–H and O–H groups in total. The van der Waals surface area contributed by atoms with Crippen LogP contribution in [0.4, 0.5) is 0 Å². The number of likely N-dealkylation sites (N-methyl/N-ethyl adjacent to an activating group) is 1. The summed E-state index contributed by atoms with van der Waals surface area (Å²) in [6, 6.07) is 13.0. The summed E-state index contributed by atoms with van der Waals surface area (Å²) in [4.78, 5) is 33.9. The number of carbonyl (C=O) groups is 2. The molecule has 1 saturated heterocycles. The number of hydrogen-bond donors (Lipinski definition) is 2. The van der Waals surface area contributed by atoms with Crippen molar-refractivity contribution in [1.29, 1.82) is 0 Å². The highest BCUT2D eigenvalue weighted by atomic mass is 16.5. The molecule has 188 valence electrons. The minimum atomic E-state index is -0.749. The Morgan fingerprint density at radius 1 is 1.11 bits per heavy atom. The average Bonchev–Trinajstić information content (AvgIpc) is 3.68. The highest BCUT2D eigenvalue weighted by molar-refractivity contribution is 5.96. The summed E-state index contributed by atoms with van der Waals surface area (Å²) in [7, 11) is 3.71. The van der Waals surface area contributed by atoms with Crippen LogP contribution < -0.4 is 15.4 Å². The molecule has 1 aromatic carbocycles. The molecule has 1 aliphatic heterocycles. The maximum Gasteiger partial charge on any atom is 0.270 e. The Morgan fingerprint density at radius 2 is 1.89 bits per heavy atom. The van der Waals surface area contributed by atoms with Gasteiger partial charge in [-0.1, -0.05) is 18.2 Å². The maximum atomic E-state index is 13.2. The van der Waals surface area contributed by atoms with Gasteiger partial charge < -0.3 is 29.9 Å². The van der Waals surface area contributed by atoms with Crippen LogP contribution in [0.1, 0.15) is 28.4 Å². The number of hydrogen-bond acceptors (Lipinski definition) is 7. The second-order valence-electron chi connectivity index (χ2n) is 9.12. The van der Waals surface area contributed by atoms with Gasteiger partial charge in [-0.3, -0.25) is 14.6 Å². The lowest BCUT2D eigenvalue weighted by Gasteiger charge is -2.34. The van der Waals surface area contributed by atoms with Gasteiger partial charge in [0, 0.05) is 50.9 Å². The summed E-state index contributed by atoms with van der Waals surface area (Å²) in [5.74, 6) is 0.880. The van der Waals surface area contributed by atoms with Gasteiger partial charge in [0.2, 0.25) is 5.91 Å². The number of ether oxygens (including phenoxy) is 2. The molecule has 1 saturated carbocycles. The van der Waals surface area contributed by atoms with Crippen molar-refractivity contribution in [3.63, 3.8) is 0 Å². The van der Waals surface area contributed by atoms with Crippen molar-refractivity contribution in [2.24, 2.45) is 0 Å². The number of rotatable bonds is 11. The molecule has 9 nitrogen and oxygen atoms in total. The molecule has 1 aromatic heterocycles. The first-order valence-corrected chi connectivity index (χ1v) is 12.2. The van der Waals surface area contributed by atoms with Gasteiger partial charge in [0.25, 0.3) is 5.91 Å². The number of aromatic nitrogens is 1. The monoisotopic (exact) mass is 481 g/mol. The molecule has 2 amide bonds. The Bertz CT molecular complexity index is 963. The predicted octanol–water partition coefficient (Wildman–Crippen LogP) is 1.12. The maximum absolute atomic E-state index is 13.2. The molecular weight excluding hydrogens is 446 g/mol. The lowest BCUT2D eigenvalue weighted by molar-refractivity contribution is -0.136. The van der Waals surface area contributed by atoms with Gasteiger partial charge >= 0.3 is 0 Å². The number of nitrogens with zero attached hydrogens (tertiary/aromatic N) is 3. The van der Waals surface area contributed by atoms with Gasteiger partial charge in [-0.05, 0) is 43.3 Å². The van der Waals surface area contributed by atoms with Crippen LogP contribution in [0.3, 0.4) is 0 Å². The normalized spacial score (nSPS) is 20.8. The minimum Gasteiger partial charge on any atom is -0.497 e. The average molecular weight is 482 g/mol. The predicted molar refractivity (Wildman–Crippen MR) is 133 cm³/mol. The summed E-state index contributed by atoms with van der Waals surface area (Å²) in [6.45, 7) is 4.17. The summed E-state index contributed by atoms with van der Waals surface area (Å²) >= 11 is 0. The highest BCUT2D eigenvalue weighted by Gasteiger charge is 2.37. The second kappa shape index (κ2) is 12.1. The lowest BCUT2D eigenvalue weighted by atomic mass is 10.1. The van der Waals surface area contributed by atoms with E-state index in [1.165, 1.54) is 5.56 Å². The molecule has 3 atom stereocenters. The summed E-state index contributed by atoms with van der Waals surface area (Å²) in [5, 5.41) is 6.35. The Morgan fingerprint density at radius 3 is 2.57 bits per heavy atom. The SMILES string of the molecule is COc1ccc([C@@H]2C[C@H]2NCCOC[C@H](NC(=O)c2ccccn2)C(=O)N2CCN(C)CC2)cc1. The zero-order chi connectivity index (χ0) is 24.6. The van der Waals surface area contributed by atoms with Crippen molar-refractivity contribution < 1.29 is 19.1 Å². The van der Waals surface area contributed by atoms with Crippen molar-refractivity contribution in [2.45, 2.75) is 24.4 Å². The largest absolute Gasteiger partial charge is 0.497 e. The van der Waals surface area contributed by atoms with E-state index in [0.717, 1.165) is 25.3 Å². The smallest absolute Gasteiger partial charge is 0.270 e. The van der Waals surface area contributed by atoms with E-state index in [4.69, 9.17) is 9.47 Å². The molecule has 2 aromatic rings. The molecule has 35 heavy (non-hydrogen) atoms. The number of amides is 2. The molecule has 0 bridgehead atoms. The van der Waals surface area contributed by atoms with Crippen molar-refractivity contribution >= 4 is 11.8 Å². The third-order valence-corrected chi connectivity index (χ3v) is 6.59. The molecule has 0 radical (unpaired) electrons. The van der Waals surface area contributed by atoms with E-state index in [2.05, 4.69) is 32.7 Å². The molecule has 0 spiro atoms. The van der Waals surface area contributed by atoms with E-state index < -0.39 is 6.04 Å². The van der Waals surface area contributed by atoms with E-state index in [-0.39, 0.29) is 24.1 Å². The van der Waals surface area contributed by atoms with Crippen molar-refractivity contribution in [2.75, 3.05) is 60.1 Å². The number of benzene rings is 1. The lowest BCUT2D eigenvalue weighted by Crippen LogP contribution is -2.55. The van der Waals surface area contributed by atoms with Crippen LogP contribution in [-0.2, 0) is 9.53 Å². The topological polar surface area (TPSA) is 96.0 Å². The quantitative estimate of drug-likeness (QED) is 0.465. The molecule has 9 heteroatoms. The zero-order valence-electron chi connectivity index (χ0n) is 20.5.